The fourth-order valence-electron chi connectivity index (χ4n) is 4.91. The fourth-order valence-corrected chi connectivity index (χ4v) is 4.91. The fraction of sp³-hybridized carbons (Fsp3) is 0.206. The normalized spacial score (nSPS) is 12.1. The highest BCUT2D eigenvalue weighted by molar-refractivity contribution is 5.85. The van der Waals surface area contributed by atoms with Crippen LogP contribution in [0.5, 0.6) is 5.75 Å². The quantitative estimate of drug-likeness (QED) is 0.203. The number of aromatic nitrogens is 3. The first kappa shape index (κ1) is 26.3. The molecule has 0 unspecified atom stereocenters. The zero-order valence-corrected chi connectivity index (χ0v) is 23.9. The SMILES string of the molecule is Cc1cc(C=Nn2c(-c3cc4ccccc4o3)nc3ccccc3c2=O)c(C)n1-c1ccc(OCC(C)(C)C)cc1. The Morgan fingerprint density at radius 3 is 2.44 bits per heavy atom. The maximum atomic E-state index is 13.6. The molecule has 0 saturated carbocycles. The van der Waals surface area contributed by atoms with Gasteiger partial charge >= 0.3 is 0 Å². The molecule has 0 aliphatic carbocycles. The third-order valence-electron chi connectivity index (χ3n) is 6.95. The van der Waals surface area contributed by atoms with E-state index in [2.05, 4.69) is 55.6 Å². The first-order valence-electron chi connectivity index (χ1n) is 13.7. The van der Waals surface area contributed by atoms with Gasteiger partial charge in [0.15, 0.2) is 5.76 Å². The molecule has 0 spiro atoms. The van der Waals surface area contributed by atoms with Crippen molar-refractivity contribution in [3.63, 3.8) is 0 Å². The van der Waals surface area contributed by atoms with Crippen molar-refractivity contribution < 1.29 is 9.15 Å². The average molecular weight is 545 g/mol. The van der Waals surface area contributed by atoms with E-state index in [9.17, 15) is 4.79 Å². The summed E-state index contributed by atoms with van der Waals surface area (Å²) in [6, 6.07) is 27.0. The summed E-state index contributed by atoms with van der Waals surface area (Å²) >= 11 is 0. The van der Waals surface area contributed by atoms with E-state index in [1.54, 1.807) is 12.3 Å². The molecule has 6 aromatic rings. The summed E-state index contributed by atoms with van der Waals surface area (Å²) < 4.78 is 15.5. The van der Waals surface area contributed by atoms with Gasteiger partial charge in [-0.05, 0) is 73.9 Å². The van der Waals surface area contributed by atoms with E-state index in [0.29, 0.717) is 29.1 Å². The first-order chi connectivity index (χ1) is 19.7. The van der Waals surface area contributed by atoms with Crippen LogP contribution in [0.4, 0.5) is 0 Å². The van der Waals surface area contributed by atoms with Crippen molar-refractivity contribution in [2.75, 3.05) is 6.61 Å². The molecule has 41 heavy (non-hydrogen) atoms. The lowest BCUT2D eigenvalue weighted by Gasteiger charge is -2.19. The molecule has 0 amide bonds. The second-order valence-electron chi connectivity index (χ2n) is 11.5. The van der Waals surface area contributed by atoms with Gasteiger partial charge in [-0.2, -0.15) is 9.78 Å². The largest absolute Gasteiger partial charge is 0.493 e. The molecule has 0 N–H and O–H groups in total. The van der Waals surface area contributed by atoms with Crippen molar-refractivity contribution in [1.82, 2.24) is 14.2 Å². The van der Waals surface area contributed by atoms with Crippen molar-refractivity contribution >= 4 is 28.1 Å². The maximum Gasteiger partial charge on any atom is 0.282 e. The van der Waals surface area contributed by atoms with Crippen LogP contribution in [0.25, 0.3) is 39.1 Å². The minimum absolute atomic E-state index is 0.0906. The van der Waals surface area contributed by atoms with Gasteiger partial charge in [0.1, 0.15) is 11.3 Å². The molecule has 3 aromatic carbocycles. The molecule has 0 atom stereocenters. The van der Waals surface area contributed by atoms with Crippen molar-refractivity contribution in [3.8, 4) is 23.0 Å². The molecule has 0 saturated heterocycles. The molecule has 0 aliphatic rings. The van der Waals surface area contributed by atoms with Gasteiger partial charge in [0.25, 0.3) is 5.56 Å². The van der Waals surface area contributed by atoms with Gasteiger partial charge < -0.3 is 13.7 Å². The lowest BCUT2D eigenvalue weighted by Crippen LogP contribution is -2.20. The smallest absolute Gasteiger partial charge is 0.282 e. The van der Waals surface area contributed by atoms with Crippen LogP contribution in [0.3, 0.4) is 0 Å². The van der Waals surface area contributed by atoms with Crippen LogP contribution in [0.15, 0.2) is 99.2 Å². The van der Waals surface area contributed by atoms with Crippen LogP contribution in [0, 0.1) is 19.3 Å². The number of furan rings is 1. The lowest BCUT2D eigenvalue weighted by atomic mass is 9.99. The predicted octanol–water partition coefficient (Wildman–Crippen LogP) is 7.52. The van der Waals surface area contributed by atoms with Gasteiger partial charge in [-0.3, -0.25) is 4.79 Å². The van der Waals surface area contributed by atoms with Crippen LogP contribution < -0.4 is 10.3 Å². The van der Waals surface area contributed by atoms with Crippen LogP contribution in [-0.2, 0) is 0 Å². The Morgan fingerprint density at radius 2 is 1.68 bits per heavy atom. The van der Waals surface area contributed by atoms with E-state index in [1.807, 2.05) is 67.6 Å². The summed E-state index contributed by atoms with van der Waals surface area (Å²) in [5.41, 5.74) is 5.11. The van der Waals surface area contributed by atoms with Gasteiger partial charge in [0.05, 0.1) is 23.7 Å². The molecule has 0 radical (unpaired) electrons. The van der Waals surface area contributed by atoms with Crippen molar-refractivity contribution in [1.29, 1.82) is 0 Å². The van der Waals surface area contributed by atoms with Gasteiger partial charge in [-0.25, -0.2) is 4.98 Å². The number of para-hydroxylation sites is 2. The van der Waals surface area contributed by atoms with E-state index < -0.39 is 0 Å². The maximum absolute atomic E-state index is 13.6. The van der Waals surface area contributed by atoms with E-state index in [1.165, 1.54) is 4.68 Å². The monoisotopic (exact) mass is 544 g/mol. The third-order valence-corrected chi connectivity index (χ3v) is 6.95. The molecule has 3 aromatic heterocycles. The molecule has 3 heterocycles. The lowest BCUT2D eigenvalue weighted by molar-refractivity contribution is 0.198. The van der Waals surface area contributed by atoms with Crippen LogP contribution in [0.2, 0.25) is 0 Å². The van der Waals surface area contributed by atoms with Gasteiger partial charge in [0.2, 0.25) is 5.82 Å². The van der Waals surface area contributed by atoms with Crippen molar-refractivity contribution in [3.05, 3.63) is 112 Å². The molecule has 206 valence electrons. The number of aryl methyl sites for hydroxylation is 1. The summed E-state index contributed by atoms with van der Waals surface area (Å²) in [6.07, 6.45) is 1.71. The van der Waals surface area contributed by atoms with E-state index in [0.717, 1.165) is 39.4 Å². The Bertz CT molecular complexity index is 1940. The van der Waals surface area contributed by atoms with Crippen molar-refractivity contribution in [2.24, 2.45) is 10.5 Å². The zero-order valence-electron chi connectivity index (χ0n) is 23.9. The zero-order chi connectivity index (χ0) is 28.7. The Morgan fingerprint density at radius 1 is 0.951 bits per heavy atom. The number of fused-ring (bicyclic) bond motifs is 2. The Kier molecular flexibility index (Phi) is 6.58. The molecule has 6 rings (SSSR count). The number of ether oxygens (including phenoxy) is 1. The highest BCUT2D eigenvalue weighted by atomic mass is 16.5. The second-order valence-corrected chi connectivity index (χ2v) is 11.5. The highest BCUT2D eigenvalue weighted by Gasteiger charge is 2.17. The molecule has 0 aliphatic heterocycles. The second kappa shape index (κ2) is 10.2. The topological polar surface area (TPSA) is 74.5 Å². The Labute approximate surface area is 238 Å². The summed E-state index contributed by atoms with van der Waals surface area (Å²) in [7, 11) is 0. The summed E-state index contributed by atoms with van der Waals surface area (Å²) in [5, 5.41) is 6.09. The number of rotatable bonds is 6. The van der Waals surface area contributed by atoms with E-state index >= 15 is 0 Å². The highest BCUT2D eigenvalue weighted by Crippen LogP contribution is 2.28. The molecular weight excluding hydrogens is 512 g/mol. The number of benzene rings is 3. The summed E-state index contributed by atoms with van der Waals surface area (Å²) in [6.45, 7) is 11.2. The molecule has 7 heteroatoms. The number of nitrogens with zero attached hydrogens (tertiary/aromatic N) is 4. The Hall–Kier alpha value is -4.91. The van der Waals surface area contributed by atoms with E-state index in [4.69, 9.17) is 14.1 Å². The molecular formula is C34H32N4O3. The number of hydrogen-bond donors (Lipinski definition) is 0. The van der Waals surface area contributed by atoms with E-state index in [-0.39, 0.29) is 11.0 Å². The van der Waals surface area contributed by atoms with Gasteiger partial charge in [-0.15, -0.1) is 0 Å². The van der Waals surface area contributed by atoms with Gasteiger partial charge in [0, 0.05) is 28.0 Å². The molecule has 0 bridgehead atoms. The minimum atomic E-state index is -0.262. The van der Waals surface area contributed by atoms with Crippen LogP contribution in [0.1, 0.15) is 37.7 Å². The van der Waals surface area contributed by atoms with Gasteiger partial charge in [-0.1, -0.05) is 51.1 Å². The molecule has 0 fully saturated rings. The standard InChI is InChI=1S/C34H32N4O3/c1-22-18-25(23(2)37(22)26-14-16-27(17-15-26)40-21-34(3,4)5)20-35-38-32(31-19-24-10-6-9-13-30(24)41-31)36-29-12-8-7-11-28(29)33(38)39/h6-20H,21H2,1-5H3. The first-order valence-corrected chi connectivity index (χ1v) is 13.7. The van der Waals surface area contributed by atoms with Crippen LogP contribution in [-0.4, -0.2) is 27.0 Å². The number of hydrogen-bond acceptors (Lipinski definition) is 5. The molecule has 7 nitrogen and oxygen atoms in total. The summed E-state index contributed by atoms with van der Waals surface area (Å²) in [5.74, 6) is 1.67. The average Bonchev–Trinajstić information content (AvgIpc) is 3.51. The Balaban J connectivity index is 1.39. The third kappa shape index (κ3) is 5.18. The summed E-state index contributed by atoms with van der Waals surface area (Å²) in [4.78, 5) is 18.4. The minimum Gasteiger partial charge on any atom is -0.493 e. The van der Waals surface area contributed by atoms with Crippen LogP contribution >= 0.6 is 0 Å². The predicted molar refractivity (Wildman–Crippen MR) is 164 cm³/mol. The van der Waals surface area contributed by atoms with Crippen molar-refractivity contribution in [2.45, 2.75) is 34.6 Å².